The molecule has 0 saturated heterocycles. The summed E-state index contributed by atoms with van der Waals surface area (Å²) in [5.74, 6) is -0.693. The summed E-state index contributed by atoms with van der Waals surface area (Å²) >= 11 is 0. The summed E-state index contributed by atoms with van der Waals surface area (Å²) in [7, 11) is 0. The molecule has 0 fully saturated rings. The van der Waals surface area contributed by atoms with Gasteiger partial charge in [-0.05, 0) is 24.6 Å². The number of hydrogen-bond donors (Lipinski definition) is 4. The third-order valence-electron chi connectivity index (χ3n) is 1.96. The van der Waals surface area contributed by atoms with Crippen molar-refractivity contribution < 1.29 is 15.1 Å². The van der Waals surface area contributed by atoms with E-state index in [0.29, 0.717) is 0 Å². The topological polar surface area (TPSA) is 108 Å². The smallest absolute Gasteiger partial charge is 0.255 e. The molecule has 0 heterocycles. The molecule has 6 heteroatoms. The molecule has 6 nitrogen and oxygen atoms in total. The first-order valence-corrected chi connectivity index (χ1v) is 4.59. The van der Waals surface area contributed by atoms with E-state index in [1.54, 1.807) is 13.0 Å². The fraction of sp³-hybridized carbons (Fsp3) is 0.200. The van der Waals surface area contributed by atoms with Crippen molar-refractivity contribution in [1.29, 1.82) is 0 Å². The van der Waals surface area contributed by atoms with Gasteiger partial charge in [0.15, 0.2) is 5.84 Å². The van der Waals surface area contributed by atoms with Crippen LogP contribution in [-0.2, 0) is 0 Å². The van der Waals surface area contributed by atoms with E-state index in [9.17, 15) is 9.90 Å². The highest BCUT2D eigenvalue weighted by Gasteiger charge is 2.10. The van der Waals surface area contributed by atoms with Crippen LogP contribution in [-0.4, -0.2) is 28.6 Å². The molecule has 0 radical (unpaired) electrons. The number of nitrogens with two attached hydrogens (primary N) is 1. The maximum atomic E-state index is 11.5. The molecule has 1 aromatic rings. The van der Waals surface area contributed by atoms with E-state index in [1.165, 1.54) is 12.1 Å². The Morgan fingerprint density at radius 2 is 2.25 bits per heavy atom. The average molecular weight is 223 g/mol. The molecule has 0 aromatic heterocycles. The third-order valence-corrected chi connectivity index (χ3v) is 1.96. The van der Waals surface area contributed by atoms with E-state index in [4.69, 9.17) is 10.9 Å². The molecule has 0 aliphatic heterocycles. The van der Waals surface area contributed by atoms with Crippen molar-refractivity contribution >= 4 is 11.7 Å². The van der Waals surface area contributed by atoms with E-state index < -0.39 is 5.91 Å². The minimum atomic E-state index is -0.482. The van der Waals surface area contributed by atoms with Crippen molar-refractivity contribution in [2.24, 2.45) is 10.9 Å². The molecule has 5 N–H and O–H groups in total. The van der Waals surface area contributed by atoms with Crippen LogP contribution in [0.4, 0.5) is 0 Å². The Bertz CT molecular complexity index is 429. The van der Waals surface area contributed by atoms with Crippen molar-refractivity contribution in [2.75, 3.05) is 6.54 Å². The highest BCUT2D eigenvalue weighted by Crippen LogP contribution is 2.17. The lowest BCUT2D eigenvalue weighted by Crippen LogP contribution is -2.33. The van der Waals surface area contributed by atoms with Crippen LogP contribution >= 0.6 is 0 Å². The minimum absolute atomic E-state index is 0.0807. The second-order valence-electron chi connectivity index (χ2n) is 3.29. The van der Waals surface area contributed by atoms with Gasteiger partial charge < -0.3 is 21.4 Å². The minimum Gasteiger partial charge on any atom is -0.507 e. The molecule has 0 spiro atoms. The molecule has 0 unspecified atom stereocenters. The monoisotopic (exact) mass is 223 g/mol. The van der Waals surface area contributed by atoms with Gasteiger partial charge in [0, 0.05) is 0 Å². The molecule has 1 amide bonds. The summed E-state index contributed by atoms with van der Waals surface area (Å²) in [5, 5.41) is 22.9. The van der Waals surface area contributed by atoms with Gasteiger partial charge in [-0.15, -0.1) is 0 Å². The first kappa shape index (κ1) is 11.8. The maximum Gasteiger partial charge on any atom is 0.255 e. The number of benzene rings is 1. The summed E-state index contributed by atoms with van der Waals surface area (Å²) < 4.78 is 0. The molecule has 0 atom stereocenters. The van der Waals surface area contributed by atoms with E-state index in [2.05, 4.69) is 10.5 Å². The summed E-state index contributed by atoms with van der Waals surface area (Å²) in [6.45, 7) is 1.72. The average Bonchev–Trinajstić information content (AvgIpc) is 2.25. The van der Waals surface area contributed by atoms with Crippen LogP contribution in [0.25, 0.3) is 0 Å². The summed E-state index contributed by atoms with van der Waals surface area (Å²) in [6, 6.07) is 4.70. The first-order valence-electron chi connectivity index (χ1n) is 4.59. The summed E-state index contributed by atoms with van der Waals surface area (Å²) in [5.41, 5.74) is 6.19. The van der Waals surface area contributed by atoms with Crippen molar-refractivity contribution in [3.05, 3.63) is 29.3 Å². The Morgan fingerprint density at radius 3 is 2.81 bits per heavy atom. The first-order chi connectivity index (χ1) is 7.54. The Kier molecular flexibility index (Phi) is 3.71. The zero-order valence-electron chi connectivity index (χ0n) is 8.77. The lowest BCUT2D eigenvalue weighted by atomic mass is 10.1. The Labute approximate surface area is 92.4 Å². The van der Waals surface area contributed by atoms with E-state index >= 15 is 0 Å². The van der Waals surface area contributed by atoms with Gasteiger partial charge >= 0.3 is 0 Å². The summed E-state index contributed by atoms with van der Waals surface area (Å²) in [4.78, 5) is 11.5. The number of hydrogen-bond acceptors (Lipinski definition) is 4. The Hall–Kier alpha value is -2.24. The quantitative estimate of drug-likeness (QED) is 0.253. The van der Waals surface area contributed by atoms with Crippen molar-refractivity contribution in [2.45, 2.75) is 6.92 Å². The number of aromatic hydroxyl groups is 1. The zero-order valence-corrected chi connectivity index (χ0v) is 8.77. The fourth-order valence-corrected chi connectivity index (χ4v) is 1.14. The van der Waals surface area contributed by atoms with Gasteiger partial charge in [-0.3, -0.25) is 4.79 Å². The van der Waals surface area contributed by atoms with Crippen LogP contribution < -0.4 is 11.1 Å². The lowest BCUT2D eigenvalue weighted by Gasteiger charge is -2.06. The molecule has 16 heavy (non-hydrogen) atoms. The molecular formula is C10H13N3O3. The Balaban J connectivity index is 2.74. The number of amidine groups is 1. The van der Waals surface area contributed by atoms with E-state index in [1.807, 2.05) is 0 Å². The van der Waals surface area contributed by atoms with Crippen LogP contribution in [0.2, 0.25) is 0 Å². The molecular weight excluding hydrogens is 210 g/mol. The van der Waals surface area contributed by atoms with Crippen molar-refractivity contribution in [3.63, 3.8) is 0 Å². The van der Waals surface area contributed by atoms with Gasteiger partial charge in [0.2, 0.25) is 0 Å². The number of amides is 1. The number of nitrogens with zero attached hydrogens (tertiary/aromatic N) is 1. The standard InChI is InChI=1S/C10H13N3O3/c1-6-2-3-7(8(14)4-6)10(15)12-5-9(11)13-16/h2-4,14,16H,5H2,1H3,(H2,11,13)(H,12,15). The number of carbonyl (C=O) groups excluding carboxylic acids is 1. The number of nitrogens with one attached hydrogen (secondary N) is 1. The molecule has 1 rings (SSSR count). The second kappa shape index (κ2) is 5.01. The van der Waals surface area contributed by atoms with Gasteiger partial charge in [-0.25, -0.2) is 0 Å². The number of phenols is 1. The molecule has 86 valence electrons. The van der Waals surface area contributed by atoms with Gasteiger partial charge in [0.25, 0.3) is 5.91 Å². The predicted octanol–water partition coefficient (Wildman–Crippen LogP) is 0.177. The predicted molar refractivity (Wildman–Crippen MR) is 58.6 cm³/mol. The van der Waals surface area contributed by atoms with Crippen LogP contribution in [0.5, 0.6) is 5.75 Å². The zero-order chi connectivity index (χ0) is 12.1. The van der Waals surface area contributed by atoms with Crippen LogP contribution in [0.1, 0.15) is 15.9 Å². The lowest BCUT2D eigenvalue weighted by molar-refractivity contribution is 0.0956. The number of carbonyl (C=O) groups is 1. The number of aryl methyl sites for hydroxylation is 1. The summed E-state index contributed by atoms with van der Waals surface area (Å²) in [6.07, 6.45) is 0. The fourth-order valence-electron chi connectivity index (χ4n) is 1.14. The van der Waals surface area contributed by atoms with E-state index in [-0.39, 0.29) is 23.7 Å². The highest BCUT2D eigenvalue weighted by atomic mass is 16.4. The van der Waals surface area contributed by atoms with E-state index in [0.717, 1.165) is 5.56 Å². The maximum absolute atomic E-state index is 11.5. The normalized spacial score (nSPS) is 11.2. The molecule has 0 saturated carbocycles. The van der Waals surface area contributed by atoms with Gasteiger partial charge in [-0.1, -0.05) is 11.2 Å². The van der Waals surface area contributed by atoms with Crippen LogP contribution in [0.3, 0.4) is 0 Å². The number of oxime groups is 1. The van der Waals surface area contributed by atoms with Crippen LogP contribution in [0.15, 0.2) is 23.4 Å². The molecule has 0 aliphatic rings. The SMILES string of the molecule is Cc1ccc(C(=O)NC/C(N)=N/O)c(O)c1. The van der Waals surface area contributed by atoms with Gasteiger partial charge in [0.1, 0.15) is 5.75 Å². The number of phenolic OH excluding ortho intramolecular Hbond substituents is 1. The molecule has 1 aromatic carbocycles. The van der Waals surface area contributed by atoms with Crippen LogP contribution in [0, 0.1) is 6.92 Å². The van der Waals surface area contributed by atoms with Crippen molar-refractivity contribution in [1.82, 2.24) is 5.32 Å². The second-order valence-corrected chi connectivity index (χ2v) is 3.29. The van der Waals surface area contributed by atoms with Crippen molar-refractivity contribution in [3.8, 4) is 5.75 Å². The molecule has 0 aliphatic carbocycles. The number of rotatable bonds is 3. The Morgan fingerprint density at radius 1 is 1.56 bits per heavy atom. The largest absolute Gasteiger partial charge is 0.507 e. The third kappa shape index (κ3) is 2.88. The molecule has 0 bridgehead atoms. The van der Waals surface area contributed by atoms with Gasteiger partial charge in [0.05, 0.1) is 12.1 Å². The highest BCUT2D eigenvalue weighted by molar-refractivity contribution is 5.99. The van der Waals surface area contributed by atoms with Gasteiger partial charge in [-0.2, -0.15) is 0 Å².